The Balaban J connectivity index is 2.02. The van der Waals surface area contributed by atoms with E-state index in [1.54, 1.807) is 26.8 Å². The number of carbonyl (C=O) groups is 3. The van der Waals surface area contributed by atoms with E-state index < -0.39 is 35.7 Å². The molecule has 0 radical (unpaired) electrons. The zero-order chi connectivity index (χ0) is 19.2. The number of hydrogen-bond donors (Lipinski definition) is 0. The fourth-order valence-corrected chi connectivity index (χ4v) is 3.51. The Bertz CT molecular complexity index is 786. The van der Waals surface area contributed by atoms with Crippen LogP contribution in [0.4, 0.5) is 0 Å². The molecule has 0 aromatic rings. The maximum atomic E-state index is 12.5. The molecule has 138 valence electrons. The van der Waals surface area contributed by atoms with Crippen LogP contribution in [0.3, 0.4) is 0 Å². The first-order chi connectivity index (χ1) is 12.2. The number of esters is 2. The van der Waals surface area contributed by atoms with Crippen LogP contribution in [-0.4, -0.2) is 35.5 Å². The fourth-order valence-electron chi connectivity index (χ4n) is 3.51. The quantitative estimate of drug-likeness (QED) is 0.558. The van der Waals surface area contributed by atoms with Gasteiger partial charge < -0.3 is 14.2 Å². The largest absolute Gasteiger partial charge is 0.479 e. The van der Waals surface area contributed by atoms with Crippen molar-refractivity contribution in [1.29, 1.82) is 0 Å². The summed E-state index contributed by atoms with van der Waals surface area (Å²) >= 11 is 0. The zero-order valence-corrected chi connectivity index (χ0v) is 15.2. The Labute approximate surface area is 152 Å². The lowest BCUT2D eigenvalue weighted by Gasteiger charge is -2.31. The summed E-state index contributed by atoms with van der Waals surface area (Å²) in [5.74, 6) is -1.41. The van der Waals surface area contributed by atoms with Crippen LogP contribution in [0.5, 0.6) is 0 Å². The molecule has 2 saturated heterocycles. The molecule has 0 saturated carbocycles. The van der Waals surface area contributed by atoms with E-state index >= 15 is 0 Å². The molecular formula is C20H22O6. The average Bonchev–Trinajstić information content (AvgIpc) is 3.03. The summed E-state index contributed by atoms with van der Waals surface area (Å²) in [6.45, 7) is 12.8. The van der Waals surface area contributed by atoms with Crippen LogP contribution in [0.25, 0.3) is 0 Å². The average molecular weight is 358 g/mol. The molecule has 6 heteroatoms. The van der Waals surface area contributed by atoms with Gasteiger partial charge in [-0.2, -0.15) is 0 Å². The summed E-state index contributed by atoms with van der Waals surface area (Å²) in [7, 11) is 0. The number of ketones is 1. The van der Waals surface area contributed by atoms with Gasteiger partial charge in [-0.1, -0.05) is 19.2 Å². The molecule has 0 amide bonds. The van der Waals surface area contributed by atoms with Gasteiger partial charge in [0, 0.05) is 30.1 Å². The Kier molecular flexibility index (Phi) is 4.38. The molecule has 26 heavy (non-hydrogen) atoms. The highest BCUT2D eigenvalue weighted by molar-refractivity contribution is 6.00. The summed E-state index contributed by atoms with van der Waals surface area (Å²) in [6, 6.07) is 0. The van der Waals surface area contributed by atoms with Gasteiger partial charge in [-0.15, -0.1) is 0 Å². The van der Waals surface area contributed by atoms with Gasteiger partial charge in [0.1, 0.15) is 18.0 Å². The molecule has 3 rings (SSSR count). The van der Waals surface area contributed by atoms with Gasteiger partial charge in [0.25, 0.3) is 0 Å². The number of carbonyl (C=O) groups excluding carboxylic acids is 3. The van der Waals surface area contributed by atoms with Crippen LogP contribution in [0.15, 0.2) is 47.8 Å². The van der Waals surface area contributed by atoms with Gasteiger partial charge >= 0.3 is 11.9 Å². The summed E-state index contributed by atoms with van der Waals surface area (Å²) < 4.78 is 17.0. The maximum absolute atomic E-state index is 12.5. The van der Waals surface area contributed by atoms with E-state index in [-0.39, 0.29) is 24.2 Å². The van der Waals surface area contributed by atoms with E-state index in [2.05, 4.69) is 13.2 Å². The Hall–Kier alpha value is -2.63. The van der Waals surface area contributed by atoms with Crippen molar-refractivity contribution >= 4 is 17.7 Å². The highest BCUT2D eigenvalue weighted by Crippen LogP contribution is 2.44. The molecule has 0 unspecified atom stereocenters. The predicted molar refractivity (Wildman–Crippen MR) is 92.8 cm³/mol. The van der Waals surface area contributed by atoms with Crippen molar-refractivity contribution in [3.8, 4) is 0 Å². The molecule has 3 heterocycles. The number of hydrogen-bond acceptors (Lipinski definition) is 6. The normalized spacial score (nSPS) is 34.2. The standard InChI is InChI=1S/C20H22O6/c1-6-10(2)18(22)25-15-9-20(5)16(21)8-13(26-20)11(3)7-14-17(15)12(4)19(23)24-14/h6,8,14-15,17H,3-4,7,9H2,1-2,5H3/b10-6+/t14-,15-,17+,20+/m1/s1. The van der Waals surface area contributed by atoms with Gasteiger partial charge in [-0.25, -0.2) is 9.59 Å². The zero-order valence-electron chi connectivity index (χ0n) is 15.2. The van der Waals surface area contributed by atoms with Crippen molar-refractivity contribution in [3.05, 3.63) is 47.8 Å². The number of allylic oxidation sites excluding steroid dienone is 2. The van der Waals surface area contributed by atoms with Crippen molar-refractivity contribution in [2.75, 3.05) is 0 Å². The Morgan fingerprint density at radius 3 is 2.73 bits per heavy atom. The van der Waals surface area contributed by atoms with E-state index in [0.29, 0.717) is 16.9 Å². The number of rotatable bonds is 2. The van der Waals surface area contributed by atoms with Gasteiger partial charge in [-0.3, -0.25) is 4.79 Å². The van der Waals surface area contributed by atoms with E-state index in [9.17, 15) is 14.4 Å². The van der Waals surface area contributed by atoms with Crippen LogP contribution >= 0.6 is 0 Å². The second-order valence-corrected chi connectivity index (χ2v) is 7.13. The van der Waals surface area contributed by atoms with Crippen LogP contribution in [0.1, 0.15) is 33.6 Å². The van der Waals surface area contributed by atoms with Crippen molar-refractivity contribution in [3.63, 3.8) is 0 Å². The topological polar surface area (TPSA) is 78.9 Å². The van der Waals surface area contributed by atoms with E-state index in [4.69, 9.17) is 14.2 Å². The van der Waals surface area contributed by atoms with Crippen molar-refractivity contribution in [2.24, 2.45) is 5.92 Å². The lowest BCUT2D eigenvalue weighted by atomic mass is 9.81. The predicted octanol–water partition coefficient (Wildman–Crippen LogP) is 2.55. The monoisotopic (exact) mass is 358 g/mol. The minimum Gasteiger partial charge on any atom is -0.479 e. The molecule has 0 spiro atoms. The second kappa shape index (κ2) is 6.27. The Morgan fingerprint density at radius 1 is 1.38 bits per heavy atom. The van der Waals surface area contributed by atoms with Gasteiger partial charge in [0.15, 0.2) is 5.60 Å². The first kappa shape index (κ1) is 18.2. The molecule has 0 aromatic heterocycles. The smallest absolute Gasteiger partial charge is 0.334 e. The van der Waals surface area contributed by atoms with Crippen molar-refractivity contribution in [2.45, 2.75) is 51.4 Å². The van der Waals surface area contributed by atoms with Gasteiger partial charge in [-0.05, 0) is 26.3 Å². The van der Waals surface area contributed by atoms with Crippen LogP contribution in [0.2, 0.25) is 0 Å². The first-order valence-electron chi connectivity index (χ1n) is 8.53. The van der Waals surface area contributed by atoms with Crippen LogP contribution < -0.4 is 0 Å². The molecule has 4 atom stereocenters. The first-order valence-corrected chi connectivity index (χ1v) is 8.53. The van der Waals surface area contributed by atoms with Gasteiger partial charge in [0.2, 0.25) is 5.78 Å². The van der Waals surface area contributed by atoms with E-state index in [1.165, 1.54) is 6.08 Å². The third kappa shape index (κ3) is 2.89. The van der Waals surface area contributed by atoms with Crippen LogP contribution in [-0.2, 0) is 28.6 Å². The number of fused-ring (bicyclic) bond motifs is 3. The second-order valence-electron chi connectivity index (χ2n) is 7.13. The minimum atomic E-state index is -1.19. The van der Waals surface area contributed by atoms with E-state index in [0.717, 1.165) is 0 Å². The molecule has 0 aromatic carbocycles. The molecule has 2 fully saturated rings. The molecule has 3 aliphatic rings. The molecular weight excluding hydrogens is 336 g/mol. The summed E-state index contributed by atoms with van der Waals surface area (Å²) in [5, 5.41) is 0. The fraction of sp³-hybridized carbons (Fsp3) is 0.450. The Morgan fingerprint density at radius 2 is 2.08 bits per heavy atom. The number of ether oxygens (including phenoxy) is 3. The van der Waals surface area contributed by atoms with Crippen LogP contribution in [0, 0.1) is 5.92 Å². The highest BCUT2D eigenvalue weighted by Gasteiger charge is 2.52. The molecule has 3 aliphatic heterocycles. The lowest BCUT2D eigenvalue weighted by molar-refractivity contribution is -0.153. The molecule has 6 nitrogen and oxygen atoms in total. The molecule has 0 aliphatic carbocycles. The lowest BCUT2D eigenvalue weighted by Crippen LogP contribution is -2.43. The van der Waals surface area contributed by atoms with Gasteiger partial charge in [0.05, 0.1) is 5.92 Å². The summed E-state index contributed by atoms with van der Waals surface area (Å²) in [4.78, 5) is 36.9. The maximum Gasteiger partial charge on any atom is 0.334 e. The minimum absolute atomic E-state index is 0.0959. The molecule has 2 bridgehead atoms. The summed E-state index contributed by atoms with van der Waals surface area (Å²) in [6.07, 6.45) is 2.08. The summed E-state index contributed by atoms with van der Waals surface area (Å²) in [5.41, 5.74) is 0.0514. The van der Waals surface area contributed by atoms with Crippen molar-refractivity contribution < 1.29 is 28.6 Å². The third-order valence-corrected chi connectivity index (χ3v) is 5.24. The SMILES string of the molecule is C=C1C[C@H]2OC(=O)C(=C)[C@@H]2[C@H](OC(=O)/C(C)=C/C)C[C@]2(C)OC1=CC2=O. The van der Waals surface area contributed by atoms with Crippen molar-refractivity contribution in [1.82, 2.24) is 0 Å². The molecule has 0 N–H and O–H groups in total. The third-order valence-electron chi connectivity index (χ3n) is 5.24. The highest BCUT2D eigenvalue weighted by atomic mass is 16.6. The van der Waals surface area contributed by atoms with E-state index in [1.807, 2.05) is 0 Å².